The molecule has 1 aliphatic heterocycles. The van der Waals surface area contributed by atoms with Gasteiger partial charge in [0, 0.05) is 31.3 Å². The summed E-state index contributed by atoms with van der Waals surface area (Å²) < 4.78 is 39.3. The lowest BCUT2D eigenvalue weighted by molar-refractivity contribution is -0.0214. The highest BCUT2D eigenvalue weighted by atomic mass is 19.1. The van der Waals surface area contributed by atoms with E-state index >= 15 is 8.78 Å². The van der Waals surface area contributed by atoms with E-state index < -0.39 is 23.8 Å². The second kappa shape index (κ2) is 8.24. The van der Waals surface area contributed by atoms with Crippen LogP contribution in [0.1, 0.15) is 11.3 Å². The smallest absolute Gasteiger partial charge is 0.407 e. The summed E-state index contributed by atoms with van der Waals surface area (Å²) >= 11 is 0. The molecule has 1 unspecified atom stereocenters. The number of halogens is 2. The van der Waals surface area contributed by atoms with Gasteiger partial charge in [-0.25, -0.2) is 23.2 Å². The van der Waals surface area contributed by atoms with Crippen LogP contribution in [0.25, 0.3) is 22.6 Å². The molecule has 4 aromatic rings. The molecule has 1 atom stereocenters. The highest BCUT2D eigenvalue weighted by molar-refractivity contribution is 5.69. The molecule has 0 bridgehead atoms. The minimum absolute atomic E-state index is 0.150. The molecule has 1 aromatic carbocycles. The van der Waals surface area contributed by atoms with Crippen LogP contribution in [-0.2, 0) is 11.2 Å². The summed E-state index contributed by atoms with van der Waals surface area (Å²) in [7, 11) is 0. The van der Waals surface area contributed by atoms with Gasteiger partial charge in [-0.15, -0.1) is 5.10 Å². The number of hydrogen-bond donors (Lipinski definition) is 1. The Kier molecular flexibility index (Phi) is 5.25. The van der Waals surface area contributed by atoms with Crippen LogP contribution in [0.4, 0.5) is 13.6 Å². The van der Waals surface area contributed by atoms with Crippen LogP contribution in [0, 0.1) is 18.6 Å². The summed E-state index contributed by atoms with van der Waals surface area (Å²) in [5.41, 5.74) is 2.09. The number of nitrogens with zero attached hydrogens (tertiary/aromatic N) is 6. The van der Waals surface area contributed by atoms with Crippen molar-refractivity contribution in [3.05, 3.63) is 65.7 Å². The largest absolute Gasteiger partial charge is 0.465 e. The minimum atomic E-state index is -1.03. The zero-order chi connectivity index (χ0) is 23.1. The molecule has 0 aliphatic carbocycles. The predicted octanol–water partition coefficient (Wildman–Crippen LogP) is 3.09. The van der Waals surface area contributed by atoms with Gasteiger partial charge in [-0.1, -0.05) is 5.21 Å². The zero-order valence-electron chi connectivity index (χ0n) is 17.7. The third kappa shape index (κ3) is 3.91. The summed E-state index contributed by atoms with van der Waals surface area (Å²) in [6.07, 6.45) is 3.41. The molecule has 1 fully saturated rings. The average Bonchev–Trinajstić information content (AvgIpc) is 3.42. The molecular formula is C22H20F2N6O3. The summed E-state index contributed by atoms with van der Waals surface area (Å²) in [5, 5.41) is 16.8. The number of pyridine rings is 1. The molecule has 1 amide bonds. The molecule has 33 heavy (non-hydrogen) atoms. The van der Waals surface area contributed by atoms with Gasteiger partial charge in [0.15, 0.2) is 0 Å². The molecular weight excluding hydrogens is 434 g/mol. The Morgan fingerprint density at radius 1 is 1.24 bits per heavy atom. The SMILES string of the molecule is Cc1ccn2c(CC3CN(C(=O)O)CCO3)c(-c3c(F)cc(-n4ccnn4)cc3F)nc2c1. The quantitative estimate of drug-likeness (QED) is 0.509. The third-order valence-electron chi connectivity index (χ3n) is 5.66. The van der Waals surface area contributed by atoms with Gasteiger partial charge in [-0.3, -0.25) is 0 Å². The standard InChI is InChI=1S/C22H20F2N6O3/c1-13-2-4-29-18(11-15-12-28(22(31)32)6-7-33-15)21(26-19(29)8-13)20-16(23)9-14(10-17(20)24)30-5-3-25-27-30/h2-5,8-10,15H,6-7,11-12H2,1H3,(H,31,32). The van der Waals surface area contributed by atoms with Crippen LogP contribution in [0.3, 0.4) is 0 Å². The molecule has 1 saturated heterocycles. The van der Waals surface area contributed by atoms with Crippen molar-refractivity contribution >= 4 is 11.7 Å². The molecule has 0 saturated carbocycles. The van der Waals surface area contributed by atoms with Crippen LogP contribution >= 0.6 is 0 Å². The molecule has 0 spiro atoms. The van der Waals surface area contributed by atoms with Crippen molar-refractivity contribution in [1.29, 1.82) is 0 Å². The number of aromatic nitrogens is 5. The van der Waals surface area contributed by atoms with Gasteiger partial charge in [-0.2, -0.15) is 0 Å². The Morgan fingerprint density at radius 3 is 2.73 bits per heavy atom. The first-order valence-corrected chi connectivity index (χ1v) is 10.3. The number of imidazole rings is 1. The number of ether oxygens (including phenoxy) is 1. The molecule has 9 nitrogen and oxygen atoms in total. The van der Waals surface area contributed by atoms with E-state index in [-0.39, 0.29) is 43.1 Å². The van der Waals surface area contributed by atoms with Crippen molar-refractivity contribution in [1.82, 2.24) is 29.3 Å². The van der Waals surface area contributed by atoms with Crippen molar-refractivity contribution < 1.29 is 23.4 Å². The van der Waals surface area contributed by atoms with Crippen molar-refractivity contribution in [2.45, 2.75) is 19.4 Å². The Hall–Kier alpha value is -3.86. The maximum atomic E-state index is 15.3. The summed E-state index contributed by atoms with van der Waals surface area (Å²) in [4.78, 5) is 17.2. The Morgan fingerprint density at radius 2 is 2.03 bits per heavy atom. The molecule has 1 N–H and O–H groups in total. The van der Waals surface area contributed by atoms with Crippen molar-refractivity contribution in [2.24, 2.45) is 0 Å². The fourth-order valence-corrected chi connectivity index (χ4v) is 4.09. The minimum Gasteiger partial charge on any atom is -0.465 e. The van der Waals surface area contributed by atoms with Crippen molar-refractivity contribution in [3.8, 4) is 16.9 Å². The number of rotatable bonds is 4. The van der Waals surface area contributed by atoms with Crippen molar-refractivity contribution in [3.63, 3.8) is 0 Å². The zero-order valence-corrected chi connectivity index (χ0v) is 17.7. The fourth-order valence-electron chi connectivity index (χ4n) is 4.09. The molecule has 5 rings (SSSR count). The monoisotopic (exact) mass is 454 g/mol. The second-order valence-electron chi connectivity index (χ2n) is 7.90. The molecule has 3 aromatic heterocycles. The van der Waals surface area contributed by atoms with Gasteiger partial charge in [-0.05, 0) is 24.6 Å². The molecule has 11 heteroatoms. The number of amides is 1. The first-order chi connectivity index (χ1) is 15.9. The Balaban J connectivity index is 1.61. The van der Waals surface area contributed by atoms with E-state index in [9.17, 15) is 9.90 Å². The van der Waals surface area contributed by atoms with Crippen LogP contribution < -0.4 is 0 Å². The van der Waals surface area contributed by atoms with E-state index in [1.165, 1.54) is 34.1 Å². The van der Waals surface area contributed by atoms with Crippen LogP contribution in [-0.4, -0.2) is 66.3 Å². The molecule has 0 radical (unpaired) electrons. The van der Waals surface area contributed by atoms with E-state index in [0.717, 1.165) is 5.56 Å². The van der Waals surface area contributed by atoms with Crippen LogP contribution in [0.15, 0.2) is 42.9 Å². The first kappa shape index (κ1) is 21.0. The van der Waals surface area contributed by atoms with E-state index in [0.29, 0.717) is 11.3 Å². The Bertz CT molecular complexity index is 1310. The topological polar surface area (TPSA) is 97.8 Å². The predicted molar refractivity (Wildman–Crippen MR) is 113 cm³/mol. The van der Waals surface area contributed by atoms with E-state index in [1.807, 2.05) is 19.1 Å². The summed E-state index contributed by atoms with van der Waals surface area (Å²) in [6.45, 7) is 2.58. The van der Waals surface area contributed by atoms with Crippen molar-refractivity contribution in [2.75, 3.05) is 19.7 Å². The number of carbonyl (C=O) groups is 1. The third-order valence-corrected chi connectivity index (χ3v) is 5.66. The number of benzene rings is 1. The number of morpholine rings is 1. The molecule has 4 heterocycles. The number of hydrogen-bond acceptors (Lipinski definition) is 5. The van der Waals surface area contributed by atoms with Crippen LogP contribution in [0.2, 0.25) is 0 Å². The number of carboxylic acid groups (broad SMARTS) is 1. The molecule has 170 valence electrons. The average molecular weight is 454 g/mol. The highest BCUT2D eigenvalue weighted by Gasteiger charge is 2.28. The maximum absolute atomic E-state index is 15.3. The molecule has 1 aliphatic rings. The van der Waals surface area contributed by atoms with Gasteiger partial charge >= 0.3 is 6.09 Å². The van der Waals surface area contributed by atoms with E-state index in [4.69, 9.17) is 4.74 Å². The van der Waals surface area contributed by atoms with E-state index in [1.54, 1.807) is 10.6 Å². The summed E-state index contributed by atoms with van der Waals surface area (Å²) in [6, 6.07) is 6.04. The van der Waals surface area contributed by atoms with Crippen LogP contribution in [0.5, 0.6) is 0 Å². The van der Waals surface area contributed by atoms with Gasteiger partial charge in [0.2, 0.25) is 0 Å². The fraction of sp³-hybridized carbons (Fsp3) is 0.273. The lowest BCUT2D eigenvalue weighted by Gasteiger charge is -2.31. The Labute approximate surface area is 186 Å². The number of aryl methyl sites for hydroxylation is 1. The van der Waals surface area contributed by atoms with Gasteiger partial charge < -0.3 is 19.1 Å². The summed E-state index contributed by atoms with van der Waals surface area (Å²) in [5.74, 6) is -1.59. The maximum Gasteiger partial charge on any atom is 0.407 e. The van der Waals surface area contributed by atoms with E-state index in [2.05, 4.69) is 15.3 Å². The van der Waals surface area contributed by atoms with Gasteiger partial charge in [0.25, 0.3) is 0 Å². The second-order valence-corrected chi connectivity index (χ2v) is 7.90. The number of fused-ring (bicyclic) bond motifs is 1. The highest BCUT2D eigenvalue weighted by Crippen LogP contribution is 2.32. The lowest BCUT2D eigenvalue weighted by atomic mass is 10.0. The lowest BCUT2D eigenvalue weighted by Crippen LogP contribution is -2.45. The first-order valence-electron chi connectivity index (χ1n) is 10.3. The normalized spacial score (nSPS) is 16.5. The van der Waals surface area contributed by atoms with Gasteiger partial charge in [0.05, 0.1) is 54.3 Å². The van der Waals surface area contributed by atoms with Gasteiger partial charge in [0.1, 0.15) is 17.3 Å².